The van der Waals surface area contributed by atoms with Crippen molar-refractivity contribution in [3.8, 4) is 0 Å². The molecule has 0 unspecified atom stereocenters. The van der Waals surface area contributed by atoms with Crippen LogP contribution in [0.25, 0.3) is 0 Å². The molecule has 0 aliphatic rings. The summed E-state index contributed by atoms with van der Waals surface area (Å²) >= 11 is 0. The lowest BCUT2D eigenvalue weighted by atomic mass is 10.4. The summed E-state index contributed by atoms with van der Waals surface area (Å²) in [6, 6.07) is 0. The molecule has 0 amide bonds. The van der Waals surface area contributed by atoms with Gasteiger partial charge in [-0.1, -0.05) is 0 Å². The maximum atomic E-state index is 8.67. The Kier molecular flexibility index (Phi) is 14.6. The van der Waals surface area contributed by atoms with Gasteiger partial charge < -0.3 is 29.5 Å². The zero-order valence-corrected chi connectivity index (χ0v) is 10.9. The quantitative estimate of drug-likeness (QED) is 0.369. The van der Waals surface area contributed by atoms with Crippen molar-refractivity contribution in [3.63, 3.8) is 0 Å². The molecule has 3 N–H and O–H groups in total. The second-order valence-corrected chi connectivity index (χ2v) is 3.87. The van der Waals surface area contributed by atoms with E-state index in [9.17, 15) is 0 Å². The Hall–Kier alpha value is -0.240. The number of rotatable bonds is 14. The highest BCUT2D eigenvalue weighted by molar-refractivity contribution is 4.56. The Bertz CT molecular complexity index is 144. The van der Waals surface area contributed by atoms with Crippen LogP contribution in [-0.4, -0.2) is 74.3 Å². The molecule has 0 radical (unpaired) electrons. The average Bonchev–Trinajstić information content (AvgIpc) is 2.39. The van der Waals surface area contributed by atoms with E-state index in [4.69, 9.17) is 29.5 Å². The Labute approximate surface area is 108 Å². The van der Waals surface area contributed by atoms with E-state index in [1.165, 1.54) is 0 Å². The lowest BCUT2D eigenvalue weighted by Gasteiger charge is -2.18. The summed E-state index contributed by atoms with van der Waals surface area (Å²) in [5.41, 5.74) is 0. The fourth-order valence-electron chi connectivity index (χ4n) is 1.22. The van der Waals surface area contributed by atoms with Crippen molar-refractivity contribution in [1.82, 2.24) is 0 Å². The molecule has 0 heterocycles. The van der Waals surface area contributed by atoms with Gasteiger partial charge in [0.05, 0.1) is 13.2 Å². The molecule has 0 rings (SSSR count). The summed E-state index contributed by atoms with van der Waals surface area (Å²) in [5, 5.41) is 25.9. The van der Waals surface area contributed by atoms with Crippen molar-refractivity contribution in [2.45, 2.75) is 25.4 Å². The fraction of sp³-hybridized carbons (Fsp3) is 1.00. The van der Waals surface area contributed by atoms with E-state index in [0.29, 0.717) is 52.3 Å². The first-order valence-electron chi connectivity index (χ1n) is 6.44. The Morgan fingerprint density at radius 3 is 1.56 bits per heavy atom. The van der Waals surface area contributed by atoms with Gasteiger partial charge in [0.15, 0.2) is 0 Å². The first kappa shape index (κ1) is 17.8. The van der Waals surface area contributed by atoms with Gasteiger partial charge in [-0.15, -0.1) is 0 Å². The zero-order valence-electron chi connectivity index (χ0n) is 10.9. The average molecular weight is 266 g/mol. The lowest BCUT2D eigenvalue weighted by Crippen LogP contribution is -2.27. The van der Waals surface area contributed by atoms with E-state index in [1.807, 2.05) is 0 Å². The molecule has 0 saturated carbocycles. The molecule has 0 aliphatic heterocycles. The highest BCUT2D eigenvalue weighted by Crippen LogP contribution is 1.98. The second-order valence-electron chi connectivity index (χ2n) is 3.87. The molecule has 0 aromatic carbocycles. The maximum Gasteiger partial charge on any atom is 0.104 e. The van der Waals surface area contributed by atoms with Gasteiger partial charge in [-0.3, -0.25) is 0 Å². The summed E-state index contributed by atoms with van der Waals surface area (Å²) in [6.07, 6.45) is 1.63. The van der Waals surface area contributed by atoms with Crippen LogP contribution >= 0.6 is 0 Å². The third-order valence-electron chi connectivity index (χ3n) is 2.16. The van der Waals surface area contributed by atoms with Crippen LogP contribution in [0.2, 0.25) is 0 Å². The van der Waals surface area contributed by atoms with Gasteiger partial charge in [0.2, 0.25) is 0 Å². The summed E-state index contributed by atoms with van der Waals surface area (Å²) in [5.74, 6) is 0. The third kappa shape index (κ3) is 12.2. The van der Waals surface area contributed by atoms with Gasteiger partial charge >= 0.3 is 0 Å². The molecular weight excluding hydrogens is 240 g/mol. The minimum absolute atomic E-state index is 0.101. The molecule has 6 nitrogen and oxygen atoms in total. The Morgan fingerprint density at radius 2 is 1.11 bits per heavy atom. The summed E-state index contributed by atoms with van der Waals surface area (Å²) < 4.78 is 16.2. The molecule has 6 heteroatoms. The van der Waals surface area contributed by atoms with Crippen molar-refractivity contribution in [2.24, 2.45) is 0 Å². The van der Waals surface area contributed by atoms with Crippen LogP contribution in [-0.2, 0) is 14.2 Å². The van der Waals surface area contributed by atoms with Crippen molar-refractivity contribution in [3.05, 3.63) is 0 Å². The molecule has 0 saturated heterocycles. The lowest BCUT2D eigenvalue weighted by molar-refractivity contribution is -0.0644. The van der Waals surface area contributed by atoms with Gasteiger partial charge in [0.1, 0.15) is 6.10 Å². The van der Waals surface area contributed by atoms with E-state index < -0.39 is 0 Å². The summed E-state index contributed by atoms with van der Waals surface area (Å²) in [7, 11) is 0. The molecule has 0 aromatic heterocycles. The Morgan fingerprint density at radius 1 is 0.667 bits per heavy atom. The third-order valence-corrected chi connectivity index (χ3v) is 2.16. The first-order valence-corrected chi connectivity index (χ1v) is 6.44. The van der Waals surface area contributed by atoms with Gasteiger partial charge in [-0.2, -0.15) is 0 Å². The topological polar surface area (TPSA) is 88.4 Å². The van der Waals surface area contributed by atoms with E-state index in [1.54, 1.807) is 0 Å². The van der Waals surface area contributed by atoms with Crippen molar-refractivity contribution < 1.29 is 29.5 Å². The van der Waals surface area contributed by atoms with Crippen LogP contribution in [0.15, 0.2) is 0 Å². The van der Waals surface area contributed by atoms with Crippen molar-refractivity contribution in [1.29, 1.82) is 0 Å². The maximum absolute atomic E-state index is 8.67. The molecule has 0 fully saturated rings. The Balaban J connectivity index is 3.62. The number of aliphatic hydroxyl groups is 3. The zero-order chi connectivity index (χ0) is 13.5. The molecule has 110 valence electrons. The molecule has 0 bridgehead atoms. The smallest absolute Gasteiger partial charge is 0.104 e. The standard InChI is InChI=1S/C12H26O6/c13-4-1-7-16-10-12(18-9-3-6-15)11-17-8-2-5-14/h12-15H,1-11H2. The molecule has 0 aromatic rings. The van der Waals surface area contributed by atoms with Crippen molar-refractivity contribution >= 4 is 0 Å². The normalized spacial score (nSPS) is 11.3. The minimum atomic E-state index is -0.172. The van der Waals surface area contributed by atoms with Crippen LogP contribution in [0.5, 0.6) is 0 Å². The fourth-order valence-corrected chi connectivity index (χ4v) is 1.22. The monoisotopic (exact) mass is 266 g/mol. The van der Waals surface area contributed by atoms with E-state index in [0.717, 1.165) is 0 Å². The number of aliphatic hydroxyl groups excluding tert-OH is 3. The summed E-state index contributed by atoms with van der Waals surface area (Å²) in [4.78, 5) is 0. The highest BCUT2D eigenvalue weighted by Gasteiger charge is 2.09. The molecular formula is C12H26O6. The van der Waals surface area contributed by atoms with Gasteiger partial charge in [-0.25, -0.2) is 0 Å². The predicted octanol–water partition coefficient (Wildman–Crippen LogP) is -0.448. The largest absolute Gasteiger partial charge is 0.396 e. The molecule has 18 heavy (non-hydrogen) atoms. The molecule has 0 spiro atoms. The summed E-state index contributed by atoms with van der Waals surface area (Å²) in [6.45, 7) is 2.60. The van der Waals surface area contributed by atoms with E-state index >= 15 is 0 Å². The molecule has 0 aliphatic carbocycles. The predicted molar refractivity (Wildman–Crippen MR) is 66.5 cm³/mol. The molecule has 0 atom stereocenters. The SMILES string of the molecule is OCCCOCC(COCCCO)OCCCO. The first-order chi connectivity index (χ1) is 8.85. The van der Waals surface area contributed by atoms with Crippen LogP contribution in [0.1, 0.15) is 19.3 Å². The van der Waals surface area contributed by atoms with Crippen LogP contribution < -0.4 is 0 Å². The highest BCUT2D eigenvalue weighted by atomic mass is 16.6. The van der Waals surface area contributed by atoms with Gasteiger partial charge in [0.25, 0.3) is 0 Å². The van der Waals surface area contributed by atoms with E-state index in [-0.39, 0.29) is 25.9 Å². The van der Waals surface area contributed by atoms with Crippen LogP contribution in [0.3, 0.4) is 0 Å². The number of hydrogen-bond acceptors (Lipinski definition) is 6. The van der Waals surface area contributed by atoms with Gasteiger partial charge in [-0.05, 0) is 19.3 Å². The van der Waals surface area contributed by atoms with E-state index in [2.05, 4.69) is 0 Å². The van der Waals surface area contributed by atoms with Crippen LogP contribution in [0.4, 0.5) is 0 Å². The number of hydrogen-bond donors (Lipinski definition) is 3. The number of ether oxygens (including phenoxy) is 3. The van der Waals surface area contributed by atoms with Crippen LogP contribution in [0, 0.1) is 0 Å². The van der Waals surface area contributed by atoms with Crippen molar-refractivity contribution in [2.75, 3.05) is 52.9 Å². The van der Waals surface area contributed by atoms with Gasteiger partial charge in [0, 0.05) is 39.6 Å². The minimum Gasteiger partial charge on any atom is -0.396 e. The second kappa shape index (κ2) is 14.8.